The zero-order valence-electron chi connectivity index (χ0n) is 20.4. The van der Waals surface area contributed by atoms with E-state index in [9.17, 15) is 9.59 Å². The van der Waals surface area contributed by atoms with Gasteiger partial charge >= 0.3 is 5.97 Å². The Morgan fingerprint density at radius 2 is 1.85 bits per heavy atom. The normalized spacial score (nSPS) is 24.9. The zero-order valence-corrected chi connectivity index (χ0v) is 20.4. The highest BCUT2D eigenvalue weighted by molar-refractivity contribution is 6.12. The number of ketones is 1. The minimum atomic E-state index is -0.462. The van der Waals surface area contributed by atoms with Gasteiger partial charge in [0.15, 0.2) is 11.5 Å². The van der Waals surface area contributed by atoms with Crippen LogP contribution in [0.5, 0.6) is 11.5 Å². The van der Waals surface area contributed by atoms with Crippen LogP contribution in [0.2, 0.25) is 0 Å². The van der Waals surface area contributed by atoms with Crippen LogP contribution < -0.4 is 9.47 Å². The number of nitrogens with zero attached hydrogens (tertiary/aromatic N) is 1. The van der Waals surface area contributed by atoms with E-state index in [0.717, 1.165) is 43.4 Å². The summed E-state index contributed by atoms with van der Waals surface area (Å²) < 4.78 is 17.2. The van der Waals surface area contributed by atoms with Crippen LogP contribution >= 0.6 is 0 Å². The van der Waals surface area contributed by atoms with Gasteiger partial charge < -0.3 is 14.2 Å². The second-order valence-electron chi connectivity index (χ2n) is 10.2. The Bertz CT molecular complexity index is 1000. The molecule has 2 atom stereocenters. The van der Waals surface area contributed by atoms with Crippen LogP contribution in [0.3, 0.4) is 0 Å². The van der Waals surface area contributed by atoms with Crippen LogP contribution in [0.25, 0.3) is 0 Å². The van der Waals surface area contributed by atoms with E-state index in [0.29, 0.717) is 35.8 Å². The van der Waals surface area contributed by atoms with Gasteiger partial charge in [0.1, 0.15) is 11.9 Å². The lowest BCUT2D eigenvalue weighted by Gasteiger charge is -2.41. The number of rotatable bonds is 6. The van der Waals surface area contributed by atoms with Crippen LogP contribution in [-0.2, 0) is 14.3 Å². The molecule has 1 unspecified atom stereocenters. The van der Waals surface area contributed by atoms with Crippen molar-refractivity contribution in [2.24, 2.45) is 16.3 Å². The molecule has 2 fully saturated rings. The summed E-state index contributed by atoms with van der Waals surface area (Å²) in [6.07, 6.45) is 5.08. The summed E-state index contributed by atoms with van der Waals surface area (Å²) in [4.78, 5) is 31.7. The fourth-order valence-electron chi connectivity index (χ4n) is 5.59. The Kier molecular flexibility index (Phi) is 6.64. The molecule has 4 rings (SSSR count). The summed E-state index contributed by atoms with van der Waals surface area (Å²) in [5.41, 5.74) is 2.71. The van der Waals surface area contributed by atoms with Gasteiger partial charge in [0.05, 0.1) is 25.2 Å². The van der Waals surface area contributed by atoms with Crippen molar-refractivity contribution >= 4 is 17.5 Å². The molecule has 0 spiro atoms. The molecule has 0 saturated heterocycles. The molecule has 178 valence electrons. The third-order valence-corrected chi connectivity index (χ3v) is 7.01. The van der Waals surface area contributed by atoms with Gasteiger partial charge in [-0.2, -0.15) is 0 Å². The van der Waals surface area contributed by atoms with E-state index in [2.05, 4.69) is 13.8 Å². The van der Waals surface area contributed by atoms with Gasteiger partial charge in [0.2, 0.25) is 0 Å². The van der Waals surface area contributed by atoms with Crippen LogP contribution in [0.4, 0.5) is 0 Å². The van der Waals surface area contributed by atoms with Crippen LogP contribution in [-0.4, -0.2) is 37.3 Å². The van der Waals surface area contributed by atoms with Gasteiger partial charge in [-0.05, 0) is 69.1 Å². The average Bonchev–Trinajstić information content (AvgIpc) is 3.25. The summed E-state index contributed by atoms with van der Waals surface area (Å²) in [5.74, 6) is 0.0952. The van der Waals surface area contributed by atoms with E-state index in [1.54, 1.807) is 7.11 Å². The molecule has 1 aromatic carbocycles. The van der Waals surface area contributed by atoms with Crippen LogP contribution in [0.15, 0.2) is 34.5 Å². The van der Waals surface area contributed by atoms with Crippen molar-refractivity contribution < 1.29 is 23.8 Å². The molecule has 2 saturated carbocycles. The molecular formula is C27H35NO5. The molecule has 1 aromatic rings. The number of hydrogen-bond acceptors (Lipinski definition) is 6. The maximum absolute atomic E-state index is 13.5. The summed E-state index contributed by atoms with van der Waals surface area (Å²) in [6.45, 7) is 8.50. The standard InChI is InChI=1S/C27H35NO5/c1-6-32-21-12-11-17(13-22(21)31-5)24-23(26(30)33-18-9-7-8-10-18)16(2)28-19-14-27(3,4)15-20(29)25(19)24/h11-13,18,24-25H,6-10,14-15H2,1-5H3/t24-,25?/m0/s1. The fraction of sp³-hybridized carbons (Fsp3) is 0.593. The second-order valence-corrected chi connectivity index (χ2v) is 10.2. The smallest absolute Gasteiger partial charge is 0.336 e. The lowest BCUT2D eigenvalue weighted by atomic mass is 9.63. The quantitative estimate of drug-likeness (QED) is 0.540. The van der Waals surface area contributed by atoms with Crippen molar-refractivity contribution in [1.29, 1.82) is 0 Å². The first kappa shape index (κ1) is 23.5. The van der Waals surface area contributed by atoms with E-state index in [-0.39, 0.29) is 23.3 Å². The number of Topliss-reactive ketones (excluding diaryl/α,β-unsaturated/α-hetero) is 1. The molecular weight excluding hydrogens is 418 g/mol. The largest absolute Gasteiger partial charge is 0.493 e. The molecule has 0 amide bonds. The monoisotopic (exact) mass is 453 g/mol. The van der Waals surface area contributed by atoms with Gasteiger partial charge in [-0.3, -0.25) is 9.79 Å². The van der Waals surface area contributed by atoms with Gasteiger partial charge in [-0.15, -0.1) is 0 Å². The number of carbonyl (C=O) groups excluding carboxylic acids is 2. The highest BCUT2D eigenvalue weighted by Gasteiger charge is 2.48. The second kappa shape index (κ2) is 9.32. The molecule has 0 aromatic heterocycles. The first-order chi connectivity index (χ1) is 15.7. The average molecular weight is 454 g/mol. The van der Waals surface area contributed by atoms with Gasteiger partial charge in [-0.25, -0.2) is 4.79 Å². The third kappa shape index (κ3) is 4.71. The minimum absolute atomic E-state index is 0.0558. The number of fused-ring (bicyclic) bond motifs is 1. The predicted molar refractivity (Wildman–Crippen MR) is 127 cm³/mol. The summed E-state index contributed by atoms with van der Waals surface area (Å²) >= 11 is 0. The Labute approximate surface area is 196 Å². The van der Waals surface area contributed by atoms with Gasteiger partial charge in [0, 0.05) is 23.7 Å². The number of benzene rings is 1. The fourth-order valence-corrected chi connectivity index (χ4v) is 5.59. The topological polar surface area (TPSA) is 74.2 Å². The Morgan fingerprint density at radius 3 is 2.52 bits per heavy atom. The molecule has 3 aliphatic rings. The summed E-state index contributed by atoms with van der Waals surface area (Å²) in [6, 6.07) is 5.68. The third-order valence-electron chi connectivity index (χ3n) is 7.01. The van der Waals surface area contributed by atoms with E-state index >= 15 is 0 Å². The van der Waals surface area contributed by atoms with Gasteiger partial charge in [-0.1, -0.05) is 19.9 Å². The number of aliphatic imine (C=N–C) groups is 1. The van der Waals surface area contributed by atoms with E-state index in [1.807, 2.05) is 32.0 Å². The first-order valence-electron chi connectivity index (χ1n) is 12.1. The highest BCUT2D eigenvalue weighted by Crippen LogP contribution is 2.48. The number of carbonyl (C=O) groups is 2. The lowest BCUT2D eigenvalue weighted by molar-refractivity contribution is -0.144. The summed E-state index contributed by atoms with van der Waals surface area (Å²) in [7, 11) is 1.60. The molecule has 6 nitrogen and oxygen atoms in total. The maximum atomic E-state index is 13.5. The molecule has 1 heterocycles. The Balaban J connectivity index is 1.80. The van der Waals surface area contributed by atoms with E-state index in [4.69, 9.17) is 19.2 Å². The van der Waals surface area contributed by atoms with Crippen molar-refractivity contribution in [2.75, 3.05) is 13.7 Å². The molecule has 0 N–H and O–H groups in total. The molecule has 0 radical (unpaired) electrons. The molecule has 0 bridgehead atoms. The van der Waals surface area contributed by atoms with E-state index in [1.165, 1.54) is 0 Å². The predicted octanol–water partition coefficient (Wildman–Crippen LogP) is 5.40. The molecule has 6 heteroatoms. The van der Waals surface area contributed by atoms with Crippen molar-refractivity contribution in [2.45, 2.75) is 78.2 Å². The van der Waals surface area contributed by atoms with Crippen molar-refractivity contribution in [3.8, 4) is 11.5 Å². The highest BCUT2D eigenvalue weighted by atomic mass is 16.5. The van der Waals surface area contributed by atoms with Crippen molar-refractivity contribution in [3.63, 3.8) is 0 Å². The van der Waals surface area contributed by atoms with Gasteiger partial charge in [0.25, 0.3) is 0 Å². The number of methoxy groups -OCH3 is 1. The van der Waals surface area contributed by atoms with Crippen LogP contribution in [0, 0.1) is 11.3 Å². The Morgan fingerprint density at radius 1 is 1.12 bits per heavy atom. The SMILES string of the molecule is CCOc1ccc([C@H]2C(C(=O)OC3CCCC3)=C(C)N=C3CC(C)(C)CC(=O)C32)cc1OC. The summed E-state index contributed by atoms with van der Waals surface area (Å²) in [5, 5.41) is 0. The van der Waals surface area contributed by atoms with E-state index < -0.39 is 11.8 Å². The molecule has 2 aliphatic carbocycles. The number of esters is 1. The number of allylic oxidation sites excluding steroid dienone is 1. The lowest BCUT2D eigenvalue weighted by Crippen LogP contribution is -2.44. The maximum Gasteiger partial charge on any atom is 0.336 e. The Hall–Kier alpha value is -2.63. The van der Waals surface area contributed by atoms with Crippen molar-refractivity contribution in [1.82, 2.24) is 0 Å². The number of ether oxygens (including phenoxy) is 3. The molecule has 1 aliphatic heterocycles. The molecule has 33 heavy (non-hydrogen) atoms. The zero-order chi connectivity index (χ0) is 23.8. The van der Waals surface area contributed by atoms with Crippen LogP contribution in [0.1, 0.15) is 77.7 Å². The van der Waals surface area contributed by atoms with Crippen molar-refractivity contribution in [3.05, 3.63) is 35.0 Å². The minimum Gasteiger partial charge on any atom is -0.493 e. The number of hydrogen-bond donors (Lipinski definition) is 0. The first-order valence-corrected chi connectivity index (χ1v) is 12.1.